The first-order valence-corrected chi connectivity index (χ1v) is 6.60. The number of nitrogens with one attached hydrogen (secondary N) is 2. The monoisotopic (exact) mass is 332 g/mol. The first kappa shape index (κ1) is 18.5. The van der Waals surface area contributed by atoms with Crippen molar-refractivity contribution in [3.63, 3.8) is 0 Å². The number of carbonyl (C=O) groups excluding carboxylic acids is 2. The summed E-state index contributed by atoms with van der Waals surface area (Å²) >= 11 is 0. The second kappa shape index (κ2) is 8.16. The second-order valence-electron chi connectivity index (χ2n) is 4.71. The predicted octanol–water partition coefficient (Wildman–Crippen LogP) is 1.71. The molecule has 2 amide bonds. The summed E-state index contributed by atoms with van der Waals surface area (Å²) in [5, 5.41) is 12.6. The number of hydrogen-bond acceptors (Lipinski definition) is 3. The van der Waals surface area contributed by atoms with E-state index < -0.39 is 36.9 Å². The van der Waals surface area contributed by atoms with Gasteiger partial charge in [-0.1, -0.05) is 12.1 Å². The number of hydrogen-bond donors (Lipinski definition) is 3. The summed E-state index contributed by atoms with van der Waals surface area (Å²) in [5.74, 6) is -2.76. The molecule has 0 atom stereocenters. The van der Waals surface area contributed by atoms with Crippen LogP contribution in [-0.4, -0.2) is 35.6 Å². The minimum absolute atomic E-state index is 0.0722. The maximum atomic E-state index is 11.9. The van der Waals surface area contributed by atoms with E-state index in [1.54, 1.807) is 17.4 Å². The van der Waals surface area contributed by atoms with Crippen LogP contribution in [0.4, 0.5) is 18.9 Å². The van der Waals surface area contributed by atoms with Crippen molar-refractivity contribution in [2.24, 2.45) is 0 Å². The van der Waals surface area contributed by atoms with Gasteiger partial charge >= 0.3 is 12.1 Å². The highest BCUT2D eigenvalue weighted by Crippen LogP contribution is 2.13. The Balaban J connectivity index is 2.49. The molecule has 0 radical (unpaired) electrons. The van der Waals surface area contributed by atoms with Gasteiger partial charge in [-0.15, -0.1) is 0 Å². The van der Waals surface area contributed by atoms with Crippen LogP contribution in [0.1, 0.15) is 18.4 Å². The van der Waals surface area contributed by atoms with Gasteiger partial charge < -0.3 is 15.7 Å². The van der Waals surface area contributed by atoms with Crippen molar-refractivity contribution >= 4 is 23.5 Å². The van der Waals surface area contributed by atoms with Gasteiger partial charge in [-0.25, -0.2) is 0 Å². The fourth-order valence-electron chi connectivity index (χ4n) is 1.67. The van der Waals surface area contributed by atoms with Gasteiger partial charge in [-0.3, -0.25) is 14.4 Å². The van der Waals surface area contributed by atoms with Crippen molar-refractivity contribution in [3.8, 4) is 0 Å². The SMILES string of the molecule is O=C(O)CCc1cccc(NC(=O)CC(=O)NCC(F)(F)F)c1. The van der Waals surface area contributed by atoms with Gasteiger partial charge in [0.05, 0.1) is 0 Å². The summed E-state index contributed by atoms with van der Waals surface area (Å²) in [5.41, 5.74) is 1.01. The van der Waals surface area contributed by atoms with Crippen molar-refractivity contribution in [2.75, 3.05) is 11.9 Å². The second-order valence-corrected chi connectivity index (χ2v) is 4.71. The Morgan fingerprint density at radius 2 is 1.83 bits per heavy atom. The summed E-state index contributed by atoms with van der Waals surface area (Å²) in [6, 6.07) is 6.33. The Labute approximate surface area is 129 Å². The Hall–Kier alpha value is -2.58. The van der Waals surface area contributed by atoms with Crippen LogP contribution in [0.15, 0.2) is 24.3 Å². The zero-order valence-electron chi connectivity index (χ0n) is 11.9. The van der Waals surface area contributed by atoms with Crippen LogP contribution in [0.3, 0.4) is 0 Å². The molecule has 0 fully saturated rings. The number of rotatable bonds is 7. The Kier molecular flexibility index (Phi) is 6.55. The van der Waals surface area contributed by atoms with Gasteiger partial charge in [0, 0.05) is 12.1 Å². The molecule has 0 bridgehead atoms. The zero-order valence-corrected chi connectivity index (χ0v) is 11.9. The van der Waals surface area contributed by atoms with E-state index in [9.17, 15) is 27.6 Å². The molecule has 23 heavy (non-hydrogen) atoms. The molecule has 1 aromatic carbocycles. The summed E-state index contributed by atoms with van der Waals surface area (Å²) in [4.78, 5) is 33.3. The van der Waals surface area contributed by atoms with E-state index in [1.165, 1.54) is 12.1 Å². The number of halogens is 3. The molecule has 0 saturated heterocycles. The number of carboxylic acids is 1. The number of carboxylic acid groups (broad SMARTS) is 1. The van der Waals surface area contributed by atoms with E-state index in [1.807, 2.05) is 0 Å². The third kappa shape index (κ3) is 8.44. The molecule has 0 unspecified atom stereocenters. The minimum atomic E-state index is -4.54. The average molecular weight is 332 g/mol. The molecule has 0 heterocycles. The molecule has 0 aromatic heterocycles. The van der Waals surface area contributed by atoms with Crippen molar-refractivity contribution < 1.29 is 32.7 Å². The molecule has 9 heteroatoms. The van der Waals surface area contributed by atoms with Gasteiger partial charge in [0.25, 0.3) is 0 Å². The lowest BCUT2D eigenvalue weighted by Gasteiger charge is -2.09. The van der Waals surface area contributed by atoms with E-state index in [0.29, 0.717) is 11.3 Å². The number of anilines is 1. The average Bonchev–Trinajstić information content (AvgIpc) is 2.42. The molecule has 0 saturated carbocycles. The fraction of sp³-hybridized carbons (Fsp3) is 0.357. The maximum absolute atomic E-state index is 11.9. The summed E-state index contributed by atoms with van der Waals surface area (Å²) in [6.45, 7) is -1.50. The molecule has 0 aliphatic heterocycles. The van der Waals surface area contributed by atoms with Gasteiger partial charge in [0.2, 0.25) is 11.8 Å². The number of aryl methyl sites for hydroxylation is 1. The smallest absolute Gasteiger partial charge is 0.405 e. The van der Waals surface area contributed by atoms with E-state index in [4.69, 9.17) is 5.11 Å². The third-order valence-electron chi connectivity index (χ3n) is 2.65. The van der Waals surface area contributed by atoms with E-state index in [2.05, 4.69) is 5.32 Å². The van der Waals surface area contributed by atoms with Crippen LogP contribution in [0.5, 0.6) is 0 Å². The highest BCUT2D eigenvalue weighted by Gasteiger charge is 2.27. The van der Waals surface area contributed by atoms with E-state index >= 15 is 0 Å². The molecular weight excluding hydrogens is 317 g/mol. The molecule has 6 nitrogen and oxygen atoms in total. The van der Waals surface area contributed by atoms with Crippen LogP contribution in [0, 0.1) is 0 Å². The topological polar surface area (TPSA) is 95.5 Å². The summed E-state index contributed by atoms with van der Waals surface area (Å²) in [7, 11) is 0. The van der Waals surface area contributed by atoms with E-state index in [0.717, 1.165) is 0 Å². The van der Waals surface area contributed by atoms with Crippen molar-refractivity contribution in [1.29, 1.82) is 0 Å². The Morgan fingerprint density at radius 3 is 2.43 bits per heavy atom. The fourth-order valence-corrected chi connectivity index (χ4v) is 1.67. The highest BCUT2D eigenvalue weighted by molar-refractivity contribution is 6.03. The number of carbonyl (C=O) groups is 3. The molecule has 0 spiro atoms. The largest absolute Gasteiger partial charge is 0.481 e. The zero-order chi connectivity index (χ0) is 17.5. The molecule has 0 aliphatic rings. The third-order valence-corrected chi connectivity index (χ3v) is 2.65. The van der Waals surface area contributed by atoms with Crippen molar-refractivity contribution in [3.05, 3.63) is 29.8 Å². The predicted molar refractivity (Wildman–Crippen MR) is 74.7 cm³/mol. The number of aliphatic carboxylic acids is 1. The molecule has 0 aliphatic carbocycles. The first-order valence-electron chi connectivity index (χ1n) is 6.60. The minimum Gasteiger partial charge on any atom is -0.481 e. The van der Waals surface area contributed by atoms with Crippen molar-refractivity contribution in [2.45, 2.75) is 25.4 Å². The summed E-state index contributed by atoms with van der Waals surface area (Å²) < 4.78 is 35.8. The molecule has 1 rings (SSSR count). The molecule has 1 aromatic rings. The number of amides is 2. The lowest BCUT2D eigenvalue weighted by molar-refractivity contribution is -0.140. The summed E-state index contributed by atoms with van der Waals surface area (Å²) in [6.07, 6.45) is -5.08. The standard InChI is InChI=1S/C14H15F3N2O4/c15-14(16,17)8-18-11(20)7-12(21)19-10-3-1-2-9(6-10)4-5-13(22)23/h1-3,6H,4-5,7-8H2,(H,18,20)(H,19,21)(H,22,23). The van der Waals surface area contributed by atoms with Crippen LogP contribution in [-0.2, 0) is 20.8 Å². The van der Waals surface area contributed by atoms with Gasteiger partial charge in [0.1, 0.15) is 13.0 Å². The van der Waals surface area contributed by atoms with Gasteiger partial charge in [-0.2, -0.15) is 13.2 Å². The van der Waals surface area contributed by atoms with E-state index in [-0.39, 0.29) is 12.8 Å². The van der Waals surface area contributed by atoms with Gasteiger partial charge in [0.15, 0.2) is 0 Å². The maximum Gasteiger partial charge on any atom is 0.405 e. The normalized spacial score (nSPS) is 10.9. The molecule has 3 N–H and O–H groups in total. The molecular formula is C14H15F3N2O4. The lowest BCUT2D eigenvalue weighted by Crippen LogP contribution is -2.35. The number of benzene rings is 1. The van der Waals surface area contributed by atoms with Crippen LogP contribution < -0.4 is 10.6 Å². The lowest BCUT2D eigenvalue weighted by atomic mass is 10.1. The highest BCUT2D eigenvalue weighted by atomic mass is 19.4. The Morgan fingerprint density at radius 1 is 1.13 bits per heavy atom. The van der Waals surface area contributed by atoms with Gasteiger partial charge in [-0.05, 0) is 24.1 Å². The first-order chi connectivity index (χ1) is 10.7. The Bertz CT molecular complexity index is 588. The quantitative estimate of drug-likeness (QED) is 0.663. The number of alkyl halides is 3. The van der Waals surface area contributed by atoms with Crippen LogP contribution >= 0.6 is 0 Å². The van der Waals surface area contributed by atoms with Crippen molar-refractivity contribution in [1.82, 2.24) is 5.32 Å². The molecule has 126 valence electrons. The van der Waals surface area contributed by atoms with Crippen LogP contribution in [0.2, 0.25) is 0 Å². The van der Waals surface area contributed by atoms with Crippen LogP contribution in [0.25, 0.3) is 0 Å².